The standard InChI is InChI=1S/C14H17Br2NO4/c1-4-17(5-2)13(18)8(3)21-12-10(15)6-9(14(19)20)7-11(12)16/h6-8H,4-5H2,1-3H3,(H,19,20). The molecule has 0 heterocycles. The van der Waals surface area contributed by atoms with Crippen molar-refractivity contribution < 1.29 is 19.4 Å². The van der Waals surface area contributed by atoms with Gasteiger partial charge in [-0.3, -0.25) is 4.79 Å². The van der Waals surface area contributed by atoms with Crippen LogP contribution < -0.4 is 4.74 Å². The molecule has 0 aromatic heterocycles. The number of hydrogen-bond donors (Lipinski definition) is 1. The van der Waals surface area contributed by atoms with E-state index in [-0.39, 0.29) is 11.5 Å². The highest BCUT2D eigenvalue weighted by Crippen LogP contribution is 2.35. The van der Waals surface area contributed by atoms with Gasteiger partial charge in [-0.25, -0.2) is 4.79 Å². The number of benzene rings is 1. The normalized spacial score (nSPS) is 11.9. The van der Waals surface area contributed by atoms with Crippen LogP contribution in [0.2, 0.25) is 0 Å². The Hall–Kier alpha value is -1.08. The first-order valence-electron chi connectivity index (χ1n) is 6.49. The molecule has 7 heteroatoms. The van der Waals surface area contributed by atoms with E-state index in [4.69, 9.17) is 9.84 Å². The van der Waals surface area contributed by atoms with Crippen LogP contribution >= 0.6 is 31.9 Å². The largest absolute Gasteiger partial charge is 0.479 e. The zero-order chi connectivity index (χ0) is 16.2. The minimum absolute atomic E-state index is 0.110. The van der Waals surface area contributed by atoms with Crippen molar-refractivity contribution in [2.75, 3.05) is 13.1 Å². The minimum atomic E-state index is -1.03. The van der Waals surface area contributed by atoms with Gasteiger partial charge in [0.2, 0.25) is 0 Å². The fourth-order valence-corrected chi connectivity index (χ4v) is 3.19. The summed E-state index contributed by atoms with van der Waals surface area (Å²) >= 11 is 6.54. The Morgan fingerprint density at radius 1 is 1.24 bits per heavy atom. The molecule has 0 aliphatic rings. The zero-order valence-electron chi connectivity index (χ0n) is 12.0. The van der Waals surface area contributed by atoms with Crippen LogP contribution in [0, 0.1) is 0 Å². The van der Waals surface area contributed by atoms with E-state index in [1.165, 1.54) is 12.1 Å². The molecule has 1 amide bonds. The molecule has 0 spiro atoms. The van der Waals surface area contributed by atoms with E-state index in [1.54, 1.807) is 11.8 Å². The van der Waals surface area contributed by atoms with Crippen molar-refractivity contribution in [2.45, 2.75) is 26.9 Å². The molecule has 0 saturated carbocycles. The van der Waals surface area contributed by atoms with Crippen LogP contribution in [0.15, 0.2) is 21.1 Å². The highest BCUT2D eigenvalue weighted by Gasteiger charge is 2.22. The van der Waals surface area contributed by atoms with Crippen molar-refractivity contribution in [1.29, 1.82) is 0 Å². The summed E-state index contributed by atoms with van der Waals surface area (Å²) in [5.74, 6) is -0.732. The summed E-state index contributed by atoms with van der Waals surface area (Å²) in [6, 6.07) is 2.88. The maximum Gasteiger partial charge on any atom is 0.335 e. The molecule has 0 fully saturated rings. The maximum absolute atomic E-state index is 12.2. The SMILES string of the molecule is CCN(CC)C(=O)C(C)Oc1c(Br)cc(C(=O)O)cc1Br. The molecular weight excluding hydrogens is 406 g/mol. The van der Waals surface area contributed by atoms with Gasteiger partial charge in [0.15, 0.2) is 6.10 Å². The minimum Gasteiger partial charge on any atom is -0.479 e. The van der Waals surface area contributed by atoms with E-state index < -0.39 is 12.1 Å². The number of aromatic carboxylic acids is 1. The van der Waals surface area contributed by atoms with E-state index in [0.29, 0.717) is 27.8 Å². The lowest BCUT2D eigenvalue weighted by Gasteiger charge is -2.24. The zero-order valence-corrected chi connectivity index (χ0v) is 15.2. The monoisotopic (exact) mass is 421 g/mol. The summed E-state index contributed by atoms with van der Waals surface area (Å²) < 4.78 is 6.64. The predicted octanol–water partition coefficient (Wildman–Crippen LogP) is 3.55. The number of nitrogens with zero attached hydrogens (tertiary/aromatic N) is 1. The molecule has 0 saturated heterocycles. The molecule has 0 bridgehead atoms. The van der Waals surface area contributed by atoms with Crippen LogP contribution in [0.1, 0.15) is 31.1 Å². The summed E-state index contributed by atoms with van der Waals surface area (Å²) in [6.07, 6.45) is -0.659. The Morgan fingerprint density at radius 2 is 1.71 bits per heavy atom. The second kappa shape index (κ2) is 7.79. The summed E-state index contributed by atoms with van der Waals surface area (Å²) in [7, 11) is 0. The molecule has 1 N–H and O–H groups in total. The average molecular weight is 423 g/mol. The number of likely N-dealkylation sites (N-methyl/N-ethyl adjacent to an activating group) is 1. The first-order valence-corrected chi connectivity index (χ1v) is 8.08. The van der Waals surface area contributed by atoms with Crippen molar-refractivity contribution in [2.24, 2.45) is 0 Å². The number of carbonyl (C=O) groups is 2. The van der Waals surface area contributed by atoms with Crippen molar-refractivity contribution in [3.8, 4) is 5.75 Å². The van der Waals surface area contributed by atoms with Gasteiger partial charge in [0.25, 0.3) is 5.91 Å². The third kappa shape index (κ3) is 4.44. The summed E-state index contributed by atoms with van der Waals surface area (Å²) in [4.78, 5) is 24.8. The number of hydrogen-bond acceptors (Lipinski definition) is 3. The van der Waals surface area contributed by atoms with E-state index in [9.17, 15) is 9.59 Å². The number of carboxylic acid groups (broad SMARTS) is 1. The molecule has 1 aromatic rings. The first kappa shape index (κ1) is 18.0. The number of halogens is 2. The number of ether oxygens (including phenoxy) is 1. The van der Waals surface area contributed by atoms with E-state index in [1.807, 2.05) is 13.8 Å². The highest BCUT2D eigenvalue weighted by molar-refractivity contribution is 9.11. The molecule has 0 radical (unpaired) electrons. The van der Waals surface area contributed by atoms with Crippen molar-refractivity contribution in [1.82, 2.24) is 4.90 Å². The lowest BCUT2D eigenvalue weighted by molar-refractivity contribution is -0.137. The van der Waals surface area contributed by atoms with Crippen molar-refractivity contribution >= 4 is 43.7 Å². The van der Waals surface area contributed by atoms with Crippen LogP contribution in [0.3, 0.4) is 0 Å². The summed E-state index contributed by atoms with van der Waals surface area (Å²) in [6.45, 7) is 6.71. The third-order valence-corrected chi connectivity index (χ3v) is 4.14. The smallest absolute Gasteiger partial charge is 0.335 e. The molecular formula is C14H17Br2NO4. The predicted molar refractivity (Wildman–Crippen MR) is 86.8 cm³/mol. The van der Waals surface area contributed by atoms with Crippen LogP contribution in [-0.4, -0.2) is 41.1 Å². The Kier molecular flexibility index (Phi) is 6.67. The van der Waals surface area contributed by atoms with Crippen LogP contribution in [-0.2, 0) is 4.79 Å². The van der Waals surface area contributed by atoms with E-state index in [2.05, 4.69) is 31.9 Å². The van der Waals surface area contributed by atoms with Gasteiger partial charge in [0.1, 0.15) is 5.75 Å². The fourth-order valence-electron chi connectivity index (χ4n) is 1.82. The Bertz CT molecular complexity index is 521. The van der Waals surface area contributed by atoms with Gasteiger partial charge >= 0.3 is 5.97 Å². The van der Waals surface area contributed by atoms with Gasteiger partial charge in [0.05, 0.1) is 14.5 Å². The molecule has 1 aromatic carbocycles. The molecule has 0 aliphatic heterocycles. The van der Waals surface area contributed by atoms with Gasteiger partial charge in [0, 0.05) is 13.1 Å². The molecule has 116 valence electrons. The van der Waals surface area contributed by atoms with Crippen LogP contribution in [0.4, 0.5) is 0 Å². The molecule has 5 nitrogen and oxygen atoms in total. The van der Waals surface area contributed by atoms with Gasteiger partial charge in [-0.1, -0.05) is 0 Å². The van der Waals surface area contributed by atoms with Crippen LogP contribution in [0.5, 0.6) is 5.75 Å². The maximum atomic E-state index is 12.2. The Labute approximate surface area is 140 Å². The number of carboxylic acids is 1. The van der Waals surface area contributed by atoms with Gasteiger partial charge in [-0.05, 0) is 64.8 Å². The number of carbonyl (C=O) groups excluding carboxylic acids is 1. The molecule has 0 aliphatic carbocycles. The third-order valence-electron chi connectivity index (χ3n) is 2.96. The fraction of sp³-hybridized carbons (Fsp3) is 0.429. The van der Waals surface area contributed by atoms with Gasteiger partial charge in [-0.2, -0.15) is 0 Å². The highest BCUT2D eigenvalue weighted by atomic mass is 79.9. The van der Waals surface area contributed by atoms with Crippen LogP contribution in [0.25, 0.3) is 0 Å². The lowest BCUT2D eigenvalue weighted by atomic mass is 10.2. The first-order chi connectivity index (χ1) is 9.81. The molecule has 1 atom stereocenters. The van der Waals surface area contributed by atoms with E-state index >= 15 is 0 Å². The summed E-state index contributed by atoms with van der Waals surface area (Å²) in [5.41, 5.74) is 0.129. The van der Waals surface area contributed by atoms with Crippen molar-refractivity contribution in [3.05, 3.63) is 26.6 Å². The quantitative estimate of drug-likeness (QED) is 0.761. The average Bonchev–Trinajstić information content (AvgIpc) is 2.43. The van der Waals surface area contributed by atoms with Gasteiger partial charge in [-0.15, -0.1) is 0 Å². The molecule has 1 rings (SSSR count). The van der Waals surface area contributed by atoms with E-state index in [0.717, 1.165) is 0 Å². The lowest BCUT2D eigenvalue weighted by Crippen LogP contribution is -2.40. The number of amides is 1. The Morgan fingerprint density at radius 3 is 2.10 bits per heavy atom. The molecule has 1 unspecified atom stereocenters. The van der Waals surface area contributed by atoms with Crippen molar-refractivity contribution in [3.63, 3.8) is 0 Å². The second-order valence-corrected chi connectivity index (χ2v) is 6.05. The second-order valence-electron chi connectivity index (χ2n) is 4.34. The Balaban J connectivity index is 2.98. The molecule has 21 heavy (non-hydrogen) atoms. The van der Waals surface area contributed by atoms with Gasteiger partial charge < -0.3 is 14.7 Å². The topological polar surface area (TPSA) is 66.8 Å². The number of rotatable bonds is 6. The summed E-state index contributed by atoms with van der Waals surface area (Å²) in [5, 5.41) is 8.99.